The molecule has 0 radical (unpaired) electrons. The average molecular weight is 379 g/mol. The van der Waals surface area contributed by atoms with Crippen LogP contribution in [-0.4, -0.2) is 42.8 Å². The van der Waals surface area contributed by atoms with E-state index in [2.05, 4.69) is 25.9 Å². The van der Waals surface area contributed by atoms with Gasteiger partial charge in [0.25, 0.3) is 0 Å². The van der Waals surface area contributed by atoms with Crippen molar-refractivity contribution >= 4 is 17.3 Å². The third-order valence-electron chi connectivity index (χ3n) is 4.76. The number of aryl methyl sites for hydroxylation is 1. The Morgan fingerprint density at radius 3 is 2.74 bits per heavy atom. The fourth-order valence-corrected chi connectivity index (χ4v) is 3.85. The smallest absolute Gasteiger partial charge is 0.170 e. The van der Waals surface area contributed by atoms with Crippen molar-refractivity contribution in [1.82, 2.24) is 24.8 Å². The summed E-state index contributed by atoms with van der Waals surface area (Å²) >= 11 is 5.56. The van der Waals surface area contributed by atoms with Crippen molar-refractivity contribution < 1.29 is 5.11 Å². The normalized spacial score (nSPS) is 19.3. The van der Waals surface area contributed by atoms with Crippen molar-refractivity contribution in [3.8, 4) is 5.82 Å². The standard InChI is InChI=1S/C20H21N5OS/c1-14-7-8-17(22-13-14)24-10-4-6-16(24)19-18(15-5-2-3-9-21-15)23-20(27)25(19)11-12-26/h2-10,13,18-19,26H,11-12H2,1H3,(H,23,27)/t18-,19-/m0/s1. The maximum Gasteiger partial charge on any atom is 0.170 e. The molecular formula is C20H21N5OS. The van der Waals surface area contributed by atoms with E-state index in [0.29, 0.717) is 11.7 Å². The second-order valence-electron chi connectivity index (χ2n) is 6.54. The van der Waals surface area contributed by atoms with Crippen molar-refractivity contribution in [3.63, 3.8) is 0 Å². The minimum atomic E-state index is -0.107. The van der Waals surface area contributed by atoms with Gasteiger partial charge in [-0.2, -0.15) is 0 Å². The number of nitrogens with zero attached hydrogens (tertiary/aromatic N) is 4. The number of hydrogen-bond acceptors (Lipinski definition) is 4. The fraction of sp³-hybridized carbons (Fsp3) is 0.250. The first-order chi connectivity index (χ1) is 13.2. The monoisotopic (exact) mass is 379 g/mol. The summed E-state index contributed by atoms with van der Waals surface area (Å²) in [6.07, 6.45) is 5.64. The average Bonchev–Trinajstić information content (AvgIpc) is 3.28. The van der Waals surface area contributed by atoms with Crippen LogP contribution in [0.1, 0.15) is 29.0 Å². The molecule has 27 heavy (non-hydrogen) atoms. The third-order valence-corrected chi connectivity index (χ3v) is 5.12. The van der Waals surface area contributed by atoms with Gasteiger partial charge in [-0.1, -0.05) is 12.1 Å². The Bertz CT molecular complexity index is 925. The quantitative estimate of drug-likeness (QED) is 0.664. The first-order valence-electron chi connectivity index (χ1n) is 8.88. The van der Waals surface area contributed by atoms with Crippen LogP contribution in [0.3, 0.4) is 0 Å². The van der Waals surface area contributed by atoms with Crippen LogP contribution in [0, 0.1) is 6.92 Å². The lowest BCUT2D eigenvalue weighted by Crippen LogP contribution is -2.33. The largest absolute Gasteiger partial charge is 0.395 e. The number of nitrogens with one attached hydrogen (secondary N) is 1. The number of aliphatic hydroxyl groups is 1. The molecular weight excluding hydrogens is 358 g/mol. The summed E-state index contributed by atoms with van der Waals surface area (Å²) in [5.74, 6) is 0.849. The number of thiocarbonyl (C=S) groups is 1. The third kappa shape index (κ3) is 3.31. The van der Waals surface area contributed by atoms with Gasteiger partial charge in [0.15, 0.2) is 5.11 Å². The van der Waals surface area contributed by atoms with Crippen LogP contribution in [0.25, 0.3) is 5.82 Å². The van der Waals surface area contributed by atoms with Crippen LogP contribution in [0.2, 0.25) is 0 Å². The highest BCUT2D eigenvalue weighted by Crippen LogP contribution is 2.39. The molecule has 0 aliphatic carbocycles. The molecule has 0 aromatic carbocycles. The SMILES string of the molecule is Cc1ccc(-n2cccc2[C@H]2[C@H](c3ccccn3)NC(=S)N2CCO)nc1. The molecule has 138 valence electrons. The molecule has 1 fully saturated rings. The molecule has 7 heteroatoms. The molecule has 6 nitrogen and oxygen atoms in total. The highest BCUT2D eigenvalue weighted by atomic mass is 32.1. The van der Waals surface area contributed by atoms with E-state index in [0.717, 1.165) is 22.8 Å². The Hall–Kier alpha value is -2.77. The van der Waals surface area contributed by atoms with Crippen LogP contribution in [0.5, 0.6) is 0 Å². The lowest BCUT2D eigenvalue weighted by molar-refractivity contribution is 0.220. The maximum atomic E-state index is 9.57. The van der Waals surface area contributed by atoms with Crippen LogP contribution >= 0.6 is 12.2 Å². The summed E-state index contributed by atoms with van der Waals surface area (Å²) in [4.78, 5) is 11.1. The van der Waals surface area contributed by atoms with Crippen molar-refractivity contribution in [2.24, 2.45) is 0 Å². The predicted octanol–water partition coefficient (Wildman–Crippen LogP) is 2.54. The van der Waals surface area contributed by atoms with Crippen molar-refractivity contribution in [1.29, 1.82) is 0 Å². The highest BCUT2D eigenvalue weighted by molar-refractivity contribution is 7.80. The lowest BCUT2D eigenvalue weighted by Gasteiger charge is -2.28. The number of aliphatic hydroxyl groups excluding tert-OH is 1. The van der Waals surface area contributed by atoms with Crippen molar-refractivity contribution in [3.05, 3.63) is 78.0 Å². The summed E-state index contributed by atoms with van der Waals surface area (Å²) < 4.78 is 2.07. The summed E-state index contributed by atoms with van der Waals surface area (Å²) in [7, 11) is 0. The van der Waals surface area contributed by atoms with Gasteiger partial charge in [-0.25, -0.2) is 4.98 Å². The molecule has 1 aliphatic rings. The van der Waals surface area contributed by atoms with E-state index in [1.54, 1.807) is 6.20 Å². The van der Waals surface area contributed by atoms with E-state index in [4.69, 9.17) is 12.2 Å². The summed E-state index contributed by atoms with van der Waals surface area (Å²) in [5.41, 5.74) is 3.07. The van der Waals surface area contributed by atoms with Gasteiger partial charge in [-0.3, -0.25) is 4.98 Å². The molecule has 2 N–H and O–H groups in total. The molecule has 4 heterocycles. The Labute approximate surface area is 163 Å². The van der Waals surface area contributed by atoms with E-state index in [1.165, 1.54) is 0 Å². The van der Waals surface area contributed by atoms with Crippen LogP contribution < -0.4 is 5.32 Å². The zero-order valence-corrected chi connectivity index (χ0v) is 15.8. The van der Waals surface area contributed by atoms with Gasteiger partial charge in [-0.15, -0.1) is 0 Å². The van der Waals surface area contributed by atoms with Gasteiger partial charge in [0, 0.05) is 30.8 Å². The molecule has 0 saturated carbocycles. The zero-order valence-electron chi connectivity index (χ0n) is 15.0. The van der Waals surface area contributed by atoms with Gasteiger partial charge in [-0.05, 0) is 55.0 Å². The van der Waals surface area contributed by atoms with Crippen LogP contribution in [-0.2, 0) is 0 Å². The molecule has 3 aromatic rings. The number of β-amino-alcohol motifs (C(OH)–C–C–N with tert-alkyl or cyclic N) is 1. The zero-order chi connectivity index (χ0) is 18.8. The Kier molecular flexibility index (Phi) is 4.87. The second kappa shape index (κ2) is 7.46. The molecule has 1 aliphatic heterocycles. The van der Waals surface area contributed by atoms with Crippen molar-refractivity contribution in [2.75, 3.05) is 13.2 Å². The predicted molar refractivity (Wildman–Crippen MR) is 108 cm³/mol. The number of aromatic nitrogens is 3. The van der Waals surface area contributed by atoms with Gasteiger partial charge in [0.2, 0.25) is 0 Å². The molecule has 1 saturated heterocycles. The van der Waals surface area contributed by atoms with Gasteiger partial charge in [0.05, 0.1) is 24.4 Å². The molecule has 4 rings (SSSR count). The number of hydrogen-bond donors (Lipinski definition) is 2. The van der Waals surface area contributed by atoms with E-state index in [-0.39, 0.29) is 18.7 Å². The fourth-order valence-electron chi connectivity index (χ4n) is 3.52. The molecule has 3 aromatic heterocycles. The van der Waals surface area contributed by atoms with Gasteiger partial charge < -0.3 is 19.9 Å². The number of pyridine rings is 2. The summed E-state index contributed by atoms with van der Waals surface area (Å²) in [6, 6.07) is 13.8. The molecule has 2 atom stereocenters. The van der Waals surface area contributed by atoms with E-state index in [9.17, 15) is 5.11 Å². The second-order valence-corrected chi connectivity index (χ2v) is 6.93. The first-order valence-corrected chi connectivity index (χ1v) is 9.29. The van der Waals surface area contributed by atoms with Crippen LogP contribution in [0.4, 0.5) is 0 Å². The Morgan fingerprint density at radius 1 is 1.15 bits per heavy atom. The topological polar surface area (TPSA) is 66.2 Å². The minimum Gasteiger partial charge on any atom is -0.395 e. The Morgan fingerprint density at radius 2 is 2.04 bits per heavy atom. The molecule has 0 bridgehead atoms. The first kappa shape index (κ1) is 17.6. The van der Waals surface area contributed by atoms with Gasteiger partial charge in [0.1, 0.15) is 5.82 Å². The van der Waals surface area contributed by atoms with Crippen LogP contribution in [0.15, 0.2) is 61.1 Å². The van der Waals surface area contributed by atoms with Gasteiger partial charge >= 0.3 is 0 Å². The van der Waals surface area contributed by atoms with Crippen molar-refractivity contribution in [2.45, 2.75) is 19.0 Å². The van der Waals surface area contributed by atoms with E-state index >= 15 is 0 Å². The Balaban J connectivity index is 1.80. The summed E-state index contributed by atoms with van der Waals surface area (Å²) in [5, 5.41) is 13.6. The van der Waals surface area contributed by atoms with E-state index in [1.807, 2.05) is 60.6 Å². The molecule has 0 unspecified atom stereocenters. The summed E-state index contributed by atoms with van der Waals surface area (Å²) in [6.45, 7) is 2.50. The molecule has 0 spiro atoms. The molecule has 0 amide bonds. The lowest BCUT2D eigenvalue weighted by atomic mass is 10.0. The minimum absolute atomic E-state index is 0.0246. The number of rotatable bonds is 5. The highest BCUT2D eigenvalue weighted by Gasteiger charge is 2.40. The maximum absolute atomic E-state index is 9.57. The van der Waals surface area contributed by atoms with E-state index < -0.39 is 0 Å².